The van der Waals surface area contributed by atoms with Gasteiger partial charge in [-0.25, -0.2) is 4.79 Å². The summed E-state index contributed by atoms with van der Waals surface area (Å²) in [5, 5.41) is 10.1. The van der Waals surface area contributed by atoms with E-state index in [-0.39, 0.29) is 0 Å². The summed E-state index contributed by atoms with van der Waals surface area (Å²) < 4.78 is 10.7. The zero-order valence-electron chi connectivity index (χ0n) is 14.3. The van der Waals surface area contributed by atoms with E-state index in [1.165, 1.54) is 5.56 Å². The van der Waals surface area contributed by atoms with Crippen LogP contribution in [0.2, 0.25) is 5.02 Å². The zero-order chi connectivity index (χ0) is 18.1. The molecule has 4 nitrogen and oxygen atoms in total. The van der Waals surface area contributed by atoms with Gasteiger partial charge in [-0.05, 0) is 67.6 Å². The van der Waals surface area contributed by atoms with Gasteiger partial charge in [0, 0.05) is 5.02 Å². The maximum absolute atomic E-state index is 11.4. The van der Waals surface area contributed by atoms with E-state index in [0.717, 1.165) is 30.7 Å². The van der Waals surface area contributed by atoms with Crippen LogP contribution < -0.4 is 9.47 Å². The number of aliphatic carboxylic acids is 1. The Morgan fingerprint density at radius 3 is 2.24 bits per heavy atom. The van der Waals surface area contributed by atoms with Crippen LogP contribution in [0.25, 0.3) is 0 Å². The molecule has 0 saturated carbocycles. The first kappa shape index (κ1) is 19.1. The predicted molar refractivity (Wildman–Crippen MR) is 98.7 cm³/mol. The number of ether oxygens (including phenoxy) is 2. The Morgan fingerprint density at radius 2 is 1.64 bits per heavy atom. The SMILES string of the molecule is COc1ccc(OC(CCCCCc2ccc(Cl)cc2)C(=O)O)cc1. The molecule has 1 unspecified atom stereocenters. The van der Waals surface area contributed by atoms with Crippen LogP contribution in [0.5, 0.6) is 11.5 Å². The minimum absolute atomic E-state index is 0.488. The van der Waals surface area contributed by atoms with Crippen LogP contribution in [-0.4, -0.2) is 24.3 Å². The fourth-order valence-electron chi connectivity index (χ4n) is 2.54. The molecule has 134 valence electrons. The highest BCUT2D eigenvalue weighted by Gasteiger charge is 2.18. The van der Waals surface area contributed by atoms with Gasteiger partial charge in [0.2, 0.25) is 0 Å². The molecule has 2 aromatic carbocycles. The van der Waals surface area contributed by atoms with Gasteiger partial charge in [-0.2, -0.15) is 0 Å². The van der Waals surface area contributed by atoms with Crippen molar-refractivity contribution < 1.29 is 19.4 Å². The Bertz CT molecular complexity index is 652. The number of hydrogen-bond donors (Lipinski definition) is 1. The summed E-state index contributed by atoms with van der Waals surface area (Å²) in [5.41, 5.74) is 1.24. The third-order valence-corrected chi connectivity index (χ3v) is 4.21. The van der Waals surface area contributed by atoms with Crippen molar-refractivity contribution in [3.8, 4) is 11.5 Å². The van der Waals surface area contributed by atoms with Gasteiger partial charge in [0.15, 0.2) is 6.10 Å². The number of rotatable bonds is 10. The lowest BCUT2D eigenvalue weighted by Crippen LogP contribution is -2.26. The molecular formula is C20H23ClO4. The number of unbranched alkanes of at least 4 members (excludes halogenated alkanes) is 2. The van der Waals surface area contributed by atoms with E-state index >= 15 is 0 Å². The number of benzene rings is 2. The third-order valence-electron chi connectivity index (χ3n) is 3.96. The molecule has 0 aliphatic carbocycles. The van der Waals surface area contributed by atoms with Crippen molar-refractivity contribution in [3.05, 3.63) is 59.1 Å². The molecule has 5 heteroatoms. The average molecular weight is 363 g/mol. The molecule has 0 aliphatic rings. The first-order valence-corrected chi connectivity index (χ1v) is 8.74. The highest BCUT2D eigenvalue weighted by Crippen LogP contribution is 2.20. The van der Waals surface area contributed by atoms with Gasteiger partial charge in [0.25, 0.3) is 0 Å². The van der Waals surface area contributed by atoms with E-state index in [1.807, 2.05) is 24.3 Å². The molecule has 0 aliphatic heterocycles. The lowest BCUT2D eigenvalue weighted by molar-refractivity contribution is -0.145. The molecule has 0 spiro atoms. The van der Waals surface area contributed by atoms with Crippen molar-refractivity contribution in [2.45, 2.75) is 38.2 Å². The Hall–Kier alpha value is -2.20. The standard InChI is InChI=1S/C20H23ClO4/c1-24-17-11-13-18(14-12-17)25-19(20(22)23)6-4-2-3-5-15-7-9-16(21)10-8-15/h7-14,19H,2-6H2,1H3,(H,22,23). The maximum atomic E-state index is 11.4. The molecule has 0 amide bonds. The van der Waals surface area contributed by atoms with Crippen molar-refractivity contribution in [2.24, 2.45) is 0 Å². The second-order valence-corrected chi connectivity index (χ2v) is 6.28. The number of aryl methyl sites for hydroxylation is 1. The van der Waals surface area contributed by atoms with E-state index < -0.39 is 12.1 Å². The Labute approximate surface area is 153 Å². The van der Waals surface area contributed by atoms with E-state index in [1.54, 1.807) is 31.4 Å². The van der Waals surface area contributed by atoms with E-state index in [2.05, 4.69) is 0 Å². The Kier molecular flexibility index (Phi) is 7.61. The van der Waals surface area contributed by atoms with Crippen molar-refractivity contribution >= 4 is 17.6 Å². The van der Waals surface area contributed by atoms with Gasteiger partial charge < -0.3 is 14.6 Å². The van der Waals surface area contributed by atoms with Crippen LogP contribution in [0.3, 0.4) is 0 Å². The van der Waals surface area contributed by atoms with Gasteiger partial charge in [0.1, 0.15) is 11.5 Å². The summed E-state index contributed by atoms with van der Waals surface area (Å²) in [6.45, 7) is 0. The fourth-order valence-corrected chi connectivity index (χ4v) is 2.66. The second-order valence-electron chi connectivity index (χ2n) is 5.85. The minimum atomic E-state index is -0.937. The summed E-state index contributed by atoms with van der Waals surface area (Å²) >= 11 is 5.87. The van der Waals surface area contributed by atoms with Crippen molar-refractivity contribution in [2.75, 3.05) is 7.11 Å². The largest absolute Gasteiger partial charge is 0.497 e. The molecule has 0 heterocycles. The topological polar surface area (TPSA) is 55.8 Å². The minimum Gasteiger partial charge on any atom is -0.497 e. The molecule has 2 rings (SSSR count). The molecule has 1 atom stereocenters. The molecule has 2 aromatic rings. The number of carboxylic acids is 1. The summed E-state index contributed by atoms with van der Waals surface area (Å²) in [5.74, 6) is 0.310. The summed E-state index contributed by atoms with van der Waals surface area (Å²) in [6.07, 6.45) is 3.40. The quantitative estimate of drug-likeness (QED) is 0.605. The zero-order valence-corrected chi connectivity index (χ0v) is 15.0. The predicted octanol–water partition coefficient (Wildman–Crippen LogP) is 4.98. The number of carbonyl (C=O) groups is 1. The molecular weight excluding hydrogens is 340 g/mol. The van der Waals surface area contributed by atoms with Crippen LogP contribution in [0.15, 0.2) is 48.5 Å². The molecule has 0 aromatic heterocycles. The molecule has 0 saturated heterocycles. The molecule has 0 bridgehead atoms. The molecule has 25 heavy (non-hydrogen) atoms. The van der Waals surface area contributed by atoms with Crippen LogP contribution in [0.1, 0.15) is 31.2 Å². The van der Waals surface area contributed by atoms with Crippen LogP contribution in [0.4, 0.5) is 0 Å². The highest BCUT2D eigenvalue weighted by atomic mass is 35.5. The first-order valence-electron chi connectivity index (χ1n) is 8.36. The van der Waals surface area contributed by atoms with Crippen molar-refractivity contribution in [1.29, 1.82) is 0 Å². The van der Waals surface area contributed by atoms with Crippen molar-refractivity contribution in [3.63, 3.8) is 0 Å². The maximum Gasteiger partial charge on any atom is 0.344 e. The lowest BCUT2D eigenvalue weighted by atomic mass is 10.0. The van der Waals surface area contributed by atoms with Crippen LogP contribution in [0, 0.1) is 0 Å². The molecule has 0 radical (unpaired) electrons. The number of halogens is 1. The third kappa shape index (κ3) is 6.67. The molecule has 1 N–H and O–H groups in total. The second kappa shape index (κ2) is 9.94. The lowest BCUT2D eigenvalue weighted by Gasteiger charge is -2.15. The van der Waals surface area contributed by atoms with Crippen molar-refractivity contribution in [1.82, 2.24) is 0 Å². The first-order chi connectivity index (χ1) is 12.1. The fraction of sp³-hybridized carbons (Fsp3) is 0.350. The Balaban J connectivity index is 1.73. The molecule has 0 fully saturated rings. The van der Waals surface area contributed by atoms with E-state index in [9.17, 15) is 9.90 Å². The normalized spacial score (nSPS) is 11.8. The average Bonchev–Trinajstić information content (AvgIpc) is 2.62. The highest BCUT2D eigenvalue weighted by molar-refractivity contribution is 6.30. The summed E-state index contributed by atoms with van der Waals surface area (Å²) in [6, 6.07) is 14.8. The van der Waals surface area contributed by atoms with Crippen LogP contribution >= 0.6 is 11.6 Å². The smallest absolute Gasteiger partial charge is 0.344 e. The van der Waals surface area contributed by atoms with Gasteiger partial charge in [-0.15, -0.1) is 0 Å². The van der Waals surface area contributed by atoms with Gasteiger partial charge >= 0.3 is 5.97 Å². The monoisotopic (exact) mass is 362 g/mol. The van der Waals surface area contributed by atoms with Gasteiger partial charge in [-0.3, -0.25) is 0 Å². The number of hydrogen-bond acceptors (Lipinski definition) is 3. The van der Waals surface area contributed by atoms with Gasteiger partial charge in [0.05, 0.1) is 7.11 Å². The summed E-state index contributed by atoms with van der Waals surface area (Å²) in [4.78, 5) is 11.4. The van der Waals surface area contributed by atoms with E-state index in [0.29, 0.717) is 17.9 Å². The van der Waals surface area contributed by atoms with Crippen LogP contribution in [-0.2, 0) is 11.2 Å². The summed E-state index contributed by atoms with van der Waals surface area (Å²) in [7, 11) is 1.58. The van der Waals surface area contributed by atoms with Gasteiger partial charge in [-0.1, -0.05) is 30.2 Å². The van der Waals surface area contributed by atoms with E-state index in [4.69, 9.17) is 21.1 Å². The number of carboxylic acid groups (broad SMARTS) is 1. The number of methoxy groups -OCH3 is 1. The Morgan fingerprint density at radius 1 is 1.00 bits per heavy atom.